The molecule has 1 aromatic carbocycles. The number of aliphatic hydroxyl groups excluding tert-OH is 1. The Labute approximate surface area is 227 Å². The third-order valence-corrected chi connectivity index (χ3v) is 11.2. The largest absolute Gasteiger partial charge is 0.392 e. The number of rotatable bonds is 3. The van der Waals surface area contributed by atoms with Gasteiger partial charge in [-0.1, -0.05) is 62.8 Å². The number of allylic oxidation sites excluding steroid dienone is 1. The Morgan fingerprint density at radius 2 is 1.66 bits per heavy atom. The Bertz CT molecular complexity index is 1120. The van der Waals surface area contributed by atoms with Crippen LogP contribution in [0.1, 0.15) is 96.1 Å². The molecule has 5 nitrogen and oxygen atoms in total. The summed E-state index contributed by atoms with van der Waals surface area (Å²) in [7, 11) is 0. The van der Waals surface area contributed by atoms with Gasteiger partial charge in [-0.3, -0.25) is 0 Å². The van der Waals surface area contributed by atoms with Crippen LogP contribution in [-0.2, 0) is 9.47 Å². The van der Waals surface area contributed by atoms with E-state index in [1.165, 1.54) is 16.7 Å². The summed E-state index contributed by atoms with van der Waals surface area (Å²) in [5.41, 5.74) is 3.27. The number of hydrogen-bond donors (Lipinski definition) is 3. The molecule has 4 aliphatic carbocycles. The molecule has 4 fully saturated rings. The fraction of sp³-hybridized carbons (Fsp3) is 0.697. The lowest BCUT2D eigenvalue weighted by Gasteiger charge is -2.58. The molecule has 0 aromatic heterocycles. The molecular weight excluding hydrogens is 476 g/mol. The van der Waals surface area contributed by atoms with Crippen molar-refractivity contribution in [2.45, 2.75) is 102 Å². The van der Waals surface area contributed by atoms with E-state index in [0.717, 1.165) is 50.5 Å². The van der Waals surface area contributed by atoms with Crippen molar-refractivity contribution in [2.75, 3.05) is 19.8 Å². The summed E-state index contributed by atoms with van der Waals surface area (Å²) in [5.74, 6) is 0.312. The van der Waals surface area contributed by atoms with Crippen molar-refractivity contribution in [1.82, 2.24) is 0 Å². The van der Waals surface area contributed by atoms with Crippen LogP contribution in [0.5, 0.6) is 0 Å². The van der Waals surface area contributed by atoms with E-state index < -0.39 is 17.0 Å². The standard InChI is InChI=1S/C33H46O5/c1-29(2)20-37-33(38-21-29)16-13-27-28-24(11-15-32(27,36)19-33)26-12-14-31(4,35)30(26,3)18-25(28)23-9-7-22(8-10-23)6-5-17-34/h5-10,24-26,34-36H,11-21H2,1-4H3/b6-5+/t24?,25-,26?,30?,31?,32-/m1/s1. The first kappa shape index (κ1) is 26.7. The van der Waals surface area contributed by atoms with Gasteiger partial charge in [0.1, 0.15) is 0 Å². The third-order valence-electron chi connectivity index (χ3n) is 11.2. The van der Waals surface area contributed by atoms with E-state index in [1.54, 1.807) is 6.08 Å². The van der Waals surface area contributed by atoms with Crippen LogP contribution in [0.2, 0.25) is 0 Å². The van der Waals surface area contributed by atoms with E-state index in [9.17, 15) is 15.3 Å². The maximum absolute atomic E-state index is 12.3. The van der Waals surface area contributed by atoms with Crippen molar-refractivity contribution in [3.8, 4) is 0 Å². The summed E-state index contributed by atoms with van der Waals surface area (Å²) in [6, 6.07) is 8.68. The van der Waals surface area contributed by atoms with Crippen LogP contribution in [0.3, 0.4) is 0 Å². The summed E-state index contributed by atoms with van der Waals surface area (Å²) >= 11 is 0. The summed E-state index contributed by atoms with van der Waals surface area (Å²) in [4.78, 5) is 0. The Balaban J connectivity index is 1.41. The Morgan fingerprint density at radius 1 is 0.947 bits per heavy atom. The molecule has 1 aromatic rings. The van der Waals surface area contributed by atoms with Crippen molar-refractivity contribution in [2.24, 2.45) is 22.7 Å². The van der Waals surface area contributed by atoms with Gasteiger partial charge in [0, 0.05) is 29.6 Å². The molecular formula is C33H46O5. The van der Waals surface area contributed by atoms with Crippen molar-refractivity contribution in [3.63, 3.8) is 0 Å². The zero-order valence-corrected chi connectivity index (χ0v) is 23.6. The fourth-order valence-corrected chi connectivity index (χ4v) is 8.80. The summed E-state index contributed by atoms with van der Waals surface area (Å²) in [6.07, 6.45) is 10.3. The molecule has 1 aliphatic heterocycles. The van der Waals surface area contributed by atoms with Gasteiger partial charge in [0.25, 0.3) is 0 Å². The summed E-state index contributed by atoms with van der Waals surface area (Å²) in [6.45, 7) is 10.1. The quantitative estimate of drug-likeness (QED) is 0.442. The maximum atomic E-state index is 12.3. The number of benzene rings is 1. The molecule has 0 radical (unpaired) electrons. The van der Waals surface area contributed by atoms with Gasteiger partial charge in [0.05, 0.1) is 31.0 Å². The predicted molar refractivity (Wildman–Crippen MR) is 148 cm³/mol. The maximum Gasteiger partial charge on any atom is 0.171 e. The molecule has 6 rings (SSSR count). The highest BCUT2D eigenvalue weighted by molar-refractivity contribution is 5.51. The van der Waals surface area contributed by atoms with Gasteiger partial charge in [-0.25, -0.2) is 0 Å². The molecule has 208 valence electrons. The fourth-order valence-electron chi connectivity index (χ4n) is 8.80. The minimum Gasteiger partial charge on any atom is -0.392 e. The van der Waals surface area contributed by atoms with E-state index in [1.807, 2.05) is 13.0 Å². The Hall–Kier alpha value is -1.50. The van der Waals surface area contributed by atoms with Crippen LogP contribution in [0.25, 0.3) is 6.08 Å². The molecule has 1 heterocycles. The number of hydrogen-bond acceptors (Lipinski definition) is 5. The predicted octanol–water partition coefficient (Wildman–Crippen LogP) is 5.74. The lowest BCUT2D eigenvalue weighted by atomic mass is 9.50. The van der Waals surface area contributed by atoms with Crippen molar-refractivity contribution in [1.29, 1.82) is 0 Å². The second kappa shape index (κ2) is 9.01. The normalized spacial score (nSPS) is 41.7. The van der Waals surface area contributed by atoms with Crippen LogP contribution in [0.15, 0.2) is 41.5 Å². The molecule has 0 amide bonds. The van der Waals surface area contributed by atoms with Crippen LogP contribution in [0, 0.1) is 22.7 Å². The first-order chi connectivity index (χ1) is 17.9. The van der Waals surface area contributed by atoms with Crippen LogP contribution in [0.4, 0.5) is 0 Å². The molecule has 3 N–H and O–H groups in total. The molecule has 5 heteroatoms. The first-order valence-corrected chi connectivity index (χ1v) is 14.7. The van der Waals surface area contributed by atoms with Gasteiger partial charge in [-0.15, -0.1) is 0 Å². The highest BCUT2D eigenvalue weighted by Gasteiger charge is 2.63. The SMILES string of the molecule is CC1(C)COC2(CCC3=C4C(CC[C@@]3(O)C2)C2CCC(C)(O)C2(C)C[C@@H]4c2ccc(/C=C/CO)cc2)OC1. The van der Waals surface area contributed by atoms with E-state index in [0.29, 0.717) is 31.5 Å². The van der Waals surface area contributed by atoms with Gasteiger partial charge >= 0.3 is 0 Å². The molecule has 4 unspecified atom stereocenters. The lowest BCUT2D eigenvalue weighted by molar-refractivity contribution is -0.322. The molecule has 1 saturated heterocycles. The van der Waals surface area contributed by atoms with Crippen molar-refractivity contribution in [3.05, 3.63) is 52.6 Å². The van der Waals surface area contributed by atoms with Gasteiger partial charge in [0.2, 0.25) is 0 Å². The van der Waals surface area contributed by atoms with Crippen molar-refractivity contribution >= 4 is 6.08 Å². The average molecular weight is 523 g/mol. The van der Waals surface area contributed by atoms with Gasteiger partial charge < -0.3 is 24.8 Å². The minimum absolute atomic E-state index is 0.00113. The first-order valence-electron chi connectivity index (χ1n) is 14.7. The summed E-state index contributed by atoms with van der Waals surface area (Å²) < 4.78 is 12.8. The van der Waals surface area contributed by atoms with Crippen LogP contribution in [-0.4, -0.2) is 52.1 Å². The molecule has 6 atom stereocenters. The Kier molecular flexibility index (Phi) is 6.33. The highest BCUT2D eigenvalue weighted by Crippen LogP contribution is 2.67. The molecule has 1 spiro atoms. The molecule has 38 heavy (non-hydrogen) atoms. The van der Waals surface area contributed by atoms with Gasteiger partial charge in [-0.05, 0) is 74.0 Å². The van der Waals surface area contributed by atoms with E-state index >= 15 is 0 Å². The van der Waals surface area contributed by atoms with Crippen LogP contribution >= 0.6 is 0 Å². The van der Waals surface area contributed by atoms with Gasteiger partial charge in [0.15, 0.2) is 5.79 Å². The number of aliphatic hydroxyl groups is 3. The minimum atomic E-state index is -0.900. The topological polar surface area (TPSA) is 79.2 Å². The molecule has 0 bridgehead atoms. The number of ether oxygens (including phenoxy) is 2. The molecule has 3 saturated carbocycles. The molecule has 5 aliphatic rings. The highest BCUT2D eigenvalue weighted by atomic mass is 16.7. The van der Waals surface area contributed by atoms with E-state index in [2.05, 4.69) is 45.0 Å². The second-order valence-electron chi connectivity index (χ2n) is 14.3. The Morgan fingerprint density at radius 3 is 2.34 bits per heavy atom. The second-order valence-corrected chi connectivity index (χ2v) is 14.3. The van der Waals surface area contributed by atoms with E-state index in [4.69, 9.17) is 9.47 Å². The van der Waals surface area contributed by atoms with E-state index in [-0.39, 0.29) is 23.4 Å². The van der Waals surface area contributed by atoms with Gasteiger partial charge in [-0.2, -0.15) is 0 Å². The zero-order valence-electron chi connectivity index (χ0n) is 23.6. The zero-order chi connectivity index (χ0) is 27.0. The smallest absolute Gasteiger partial charge is 0.171 e. The monoisotopic (exact) mass is 522 g/mol. The van der Waals surface area contributed by atoms with Crippen LogP contribution < -0.4 is 0 Å². The lowest BCUT2D eigenvalue weighted by Crippen LogP contribution is -2.58. The third kappa shape index (κ3) is 4.16. The summed E-state index contributed by atoms with van der Waals surface area (Å²) in [5, 5.41) is 33.1. The van der Waals surface area contributed by atoms with Crippen molar-refractivity contribution < 1.29 is 24.8 Å². The average Bonchev–Trinajstić information content (AvgIpc) is 3.12. The number of fused-ring (bicyclic) bond motifs is 4.